The molecule has 1 N–H and O–H groups in total. The van der Waals surface area contributed by atoms with Crippen LogP contribution in [0.3, 0.4) is 0 Å². The molecule has 0 heterocycles. The second kappa shape index (κ2) is 8.95. The first kappa shape index (κ1) is 17.9. The highest BCUT2D eigenvalue weighted by atomic mass is 32.1. The summed E-state index contributed by atoms with van der Waals surface area (Å²) in [5, 5.41) is 2.85. The summed E-state index contributed by atoms with van der Waals surface area (Å²) >= 11 is 4.20. The Balaban J connectivity index is 1.52. The highest BCUT2D eigenvalue weighted by Crippen LogP contribution is 2.44. The summed E-state index contributed by atoms with van der Waals surface area (Å²) in [5.41, 5.74) is 4.97. The molecule has 0 saturated carbocycles. The van der Waals surface area contributed by atoms with Gasteiger partial charge < -0.3 is 10.1 Å². The molecule has 132 valence electrons. The lowest BCUT2D eigenvalue weighted by Gasteiger charge is -2.14. The molecule has 4 heteroatoms. The van der Waals surface area contributed by atoms with Crippen molar-refractivity contribution in [2.24, 2.45) is 0 Å². The highest BCUT2D eigenvalue weighted by Gasteiger charge is 2.28. The summed E-state index contributed by atoms with van der Waals surface area (Å²) in [5.74, 6) is 1.05. The SMILES string of the molecule is O=C(NCCCCCCS)OCC1c2ccccc2-c2ccccc21. The molecule has 0 aliphatic heterocycles. The van der Waals surface area contributed by atoms with E-state index in [9.17, 15) is 4.79 Å². The topological polar surface area (TPSA) is 38.3 Å². The summed E-state index contributed by atoms with van der Waals surface area (Å²) in [6.07, 6.45) is 4.07. The van der Waals surface area contributed by atoms with Crippen LogP contribution in [-0.2, 0) is 4.74 Å². The zero-order chi connectivity index (χ0) is 17.5. The van der Waals surface area contributed by atoms with Gasteiger partial charge in [-0.25, -0.2) is 4.79 Å². The van der Waals surface area contributed by atoms with E-state index in [0.29, 0.717) is 13.2 Å². The Morgan fingerprint density at radius 3 is 2.16 bits per heavy atom. The molecule has 2 aromatic carbocycles. The van der Waals surface area contributed by atoms with Crippen LogP contribution in [0.4, 0.5) is 4.79 Å². The number of thiol groups is 1. The first-order valence-corrected chi connectivity index (χ1v) is 9.64. The van der Waals surface area contributed by atoms with Crippen LogP contribution >= 0.6 is 12.6 Å². The van der Waals surface area contributed by atoms with E-state index in [1.165, 1.54) is 22.3 Å². The van der Waals surface area contributed by atoms with Crippen molar-refractivity contribution in [3.8, 4) is 11.1 Å². The number of carbonyl (C=O) groups excluding carboxylic acids is 1. The van der Waals surface area contributed by atoms with E-state index in [1.807, 2.05) is 12.1 Å². The lowest BCUT2D eigenvalue weighted by atomic mass is 9.98. The molecule has 0 atom stereocenters. The van der Waals surface area contributed by atoms with Crippen molar-refractivity contribution in [3.05, 3.63) is 59.7 Å². The number of amides is 1. The van der Waals surface area contributed by atoms with Crippen LogP contribution in [0.2, 0.25) is 0 Å². The molecule has 2 aromatic rings. The molecule has 1 aliphatic carbocycles. The standard InChI is InChI=1S/C21H25NO2S/c23-21(22-13-7-1-2-8-14-25)24-15-20-18-11-5-3-9-16(18)17-10-4-6-12-19(17)20/h3-6,9-12,20,25H,1-2,7-8,13-15H2,(H,22,23). The molecule has 0 spiro atoms. The minimum Gasteiger partial charge on any atom is -0.449 e. The number of unbranched alkanes of at least 4 members (excludes halogenated alkanes) is 3. The van der Waals surface area contributed by atoms with Gasteiger partial charge in [-0.1, -0.05) is 61.4 Å². The molecule has 3 rings (SSSR count). The predicted molar refractivity (Wildman–Crippen MR) is 105 cm³/mol. The first-order valence-electron chi connectivity index (χ1n) is 9.01. The molecule has 3 nitrogen and oxygen atoms in total. The number of carbonyl (C=O) groups is 1. The van der Waals surface area contributed by atoms with Crippen LogP contribution in [0.15, 0.2) is 48.5 Å². The molecule has 0 aromatic heterocycles. The van der Waals surface area contributed by atoms with Gasteiger partial charge in [-0.3, -0.25) is 0 Å². The minimum atomic E-state index is -0.323. The van der Waals surface area contributed by atoms with E-state index in [-0.39, 0.29) is 12.0 Å². The van der Waals surface area contributed by atoms with Crippen molar-refractivity contribution in [1.82, 2.24) is 5.32 Å². The molecule has 0 saturated heterocycles. The third-order valence-electron chi connectivity index (χ3n) is 4.70. The third kappa shape index (κ3) is 4.37. The summed E-state index contributed by atoms with van der Waals surface area (Å²) in [6.45, 7) is 1.04. The lowest BCUT2D eigenvalue weighted by Crippen LogP contribution is -2.27. The number of fused-ring (bicyclic) bond motifs is 3. The molecule has 1 amide bonds. The Bertz CT molecular complexity index is 671. The molecular weight excluding hydrogens is 330 g/mol. The summed E-state index contributed by atoms with van der Waals surface area (Å²) < 4.78 is 5.51. The van der Waals surface area contributed by atoms with Gasteiger partial charge in [-0.2, -0.15) is 12.6 Å². The molecule has 25 heavy (non-hydrogen) atoms. The Morgan fingerprint density at radius 1 is 0.920 bits per heavy atom. The maximum Gasteiger partial charge on any atom is 0.407 e. The summed E-state index contributed by atoms with van der Waals surface area (Å²) in [6, 6.07) is 16.7. The fourth-order valence-corrected chi connectivity index (χ4v) is 3.65. The molecular formula is C21H25NO2S. The van der Waals surface area contributed by atoms with Crippen LogP contribution in [0.1, 0.15) is 42.7 Å². The van der Waals surface area contributed by atoms with Crippen LogP contribution < -0.4 is 5.32 Å². The molecule has 1 aliphatic rings. The Kier molecular flexibility index (Phi) is 6.40. The Morgan fingerprint density at radius 2 is 1.52 bits per heavy atom. The zero-order valence-electron chi connectivity index (χ0n) is 14.4. The number of rotatable bonds is 8. The molecule has 0 unspecified atom stereocenters. The van der Waals surface area contributed by atoms with Gasteiger partial charge >= 0.3 is 6.09 Å². The van der Waals surface area contributed by atoms with Gasteiger partial charge in [-0.05, 0) is 40.8 Å². The zero-order valence-corrected chi connectivity index (χ0v) is 15.3. The van der Waals surface area contributed by atoms with Gasteiger partial charge in [0.25, 0.3) is 0 Å². The van der Waals surface area contributed by atoms with Crippen molar-refractivity contribution in [3.63, 3.8) is 0 Å². The number of nitrogens with one attached hydrogen (secondary N) is 1. The largest absolute Gasteiger partial charge is 0.449 e. The van der Waals surface area contributed by atoms with Gasteiger partial charge in [0, 0.05) is 12.5 Å². The first-order chi connectivity index (χ1) is 12.3. The maximum atomic E-state index is 12.0. The summed E-state index contributed by atoms with van der Waals surface area (Å²) in [7, 11) is 0. The lowest BCUT2D eigenvalue weighted by molar-refractivity contribution is 0.143. The van der Waals surface area contributed by atoms with Crippen LogP contribution in [0, 0.1) is 0 Å². The Labute approximate surface area is 155 Å². The fourth-order valence-electron chi connectivity index (χ4n) is 3.43. The van der Waals surface area contributed by atoms with Gasteiger partial charge in [-0.15, -0.1) is 0 Å². The quantitative estimate of drug-likeness (QED) is 0.516. The third-order valence-corrected chi connectivity index (χ3v) is 5.01. The van der Waals surface area contributed by atoms with Crippen molar-refractivity contribution >= 4 is 18.7 Å². The van der Waals surface area contributed by atoms with Crippen LogP contribution in [0.5, 0.6) is 0 Å². The van der Waals surface area contributed by atoms with E-state index in [0.717, 1.165) is 31.4 Å². The average molecular weight is 356 g/mol. The number of alkyl carbamates (subject to hydrolysis) is 1. The fraction of sp³-hybridized carbons (Fsp3) is 0.381. The van der Waals surface area contributed by atoms with Gasteiger partial charge in [0.05, 0.1) is 0 Å². The van der Waals surface area contributed by atoms with Gasteiger partial charge in [0.1, 0.15) is 6.61 Å². The summed E-state index contributed by atoms with van der Waals surface area (Å²) in [4.78, 5) is 12.0. The monoisotopic (exact) mass is 355 g/mol. The molecule has 0 radical (unpaired) electrons. The average Bonchev–Trinajstić information content (AvgIpc) is 2.97. The predicted octanol–water partition coefficient (Wildman–Crippen LogP) is 5.02. The van der Waals surface area contributed by atoms with Crippen molar-refractivity contribution < 1.29 is 9.53 Å². The Hall–Kier alpha value is -1.94. The molecule has 0 fully saturated rings. The smallest absolute Gasteiger partial charge is 0.407 e. The van der Waals surface area contributed by atoms with Crippen molar-refractivity contribution in [2.45, 2.75) is 31.6 Å². The van der Waals surface area contributed by atoms with Crippen molar-refractivity contribution in [2.75, 3.05) is 18.9 Å². The highest BCUT2D eigenvalue weighted by molar-refractivity contribution is 7.80. The van der Waals surface area contributed by atoms with E-state index in [1.54, 1.807) is 0 Å². The van der Waals surface area contributed by atoms with E-state index >= 15 is 0 Å². The second-order valence-corrected chi connectivity index (χ2v) is 6.84. The van der Waals surface area contributed by atoms with Gasteiger partial charge in [0.15, 0.2) is 0 Å². The van der Waals surface area contributed by atoms with Gasteiger partial charge in [0.2, 0.25) is 0 Å². The van der Waals surface area contributed by atoms with Crippen LogP contribution in [-0.4, -0.2) is 25.0 Å². The normalized spacial score (nSPS) is 12.5. The van der Waals surface area contributed by atoms with E-state index < -0.39 is 0 Å². The molecule has 0 bridgehead atoms. The number of ether oxygens (including phenoxy) is 1. The van der Waals surface area contributed by atoms with E-state index in [2.05, 4.69) is 54.3 Å². The number of benzene rings is 2. The second-order valence-electron chi connectivity index (χ2n) is 6.39. The van der Waals surface area contributed by atoms with Crippen molar-refractivity contribution in [1.29, 1.82) is 0 Å². The van der Waals surface area contributed by atoms with Crippen LogP contribution in [0.25, 0.3) is 11.1 Å². The maximum absolute atomic E-state index is 12.0. The number of hydrogen-bond donors (Lipinski definition) is 2. The number of hydrogen-bond acceptors (Lipinski definition) is 3. The minimum absolute atomic E-state index is 0.119. The van der Waals surface area contributed by atoms with E-state index in [4.69, 9.17) is 4.74 Å².